The molecule has 204 valence electrons. The molecule has 0 saturated carbocycles. The van der Waals surface area contributed by atoms with E-state index in [2.05, 4.69) is 10.6 Å². The van der Waals surface area contributed by atoms with Gasteiger partial charge in [0, 0.05) is 50.9 Å². The second-order valence-corrected chi connectivity index (χ2v) is 10.1. The molecule has 1 saturated heterocycles. The standard InChI is InChI=1S/C29H42FN3O4/c1-21-11-5-6-15-26(21)37-27-24(13-9-14-25(27)30)29(35,16-7-8-18-36-4)23-12-10-17-33(20-23)28(34)32-22(2)19-31-3/h5-6,9,11,13-15,22-23,31,35H,7-8,10,12,16-20H2,1-4H3,(H,32,34)/t22?,23-,29+/m1/s1. The summed E-state index contributed by atoms with van der Waals surface area (Å²) in [5, 5.41) is 18.5. The van der Waals surface area contributed by atoms with Gasteiger partial charge < -0.3 is 30.1 Å². The molecule has 0 aromatic heterocycles. The maximum absolute atomic E-state index is 15.3. The Balaban J connectivity index is 1.94. The van der Waals surface area contributed by atoms with Gasteiger partial charge in [0.1, 0.15) is 5.75 Å². The van der Waals surface area contributed by atoms with Crippen LogP contribution < -0.4 is 15.4 Å². The minimum Gasteiger partial charge on any atom is -0.454 e. The maximum Gasteiger partial charge on any atom is 0.317 e. The number of aliphatic hydroxyl groups is 1. The van der Waals surface area contributed by atoms with E-state index in [-0.39, 0.29) is 23.7 Å². The Bertz CT molecular complexity index is 1020. The highest BCUT2D eigenvalue weighted by Crippen LogP contribution is 2.45. The summed E-state index contributed by atoms with van der Waals surface area (Å²) in [6.45, 7) is 6.08. The zero-order valence-electron chi connectivity index (χ0n) is 22.6. The molecule has 7 nitrogen and oxygen atoms in total. The summed E-state index contributed by atoms with van der Waals surface area (Å²) in [6.07, 6.45) is 3.33. The number of nitrogens with one attached hydrogen (secondary N) is 2. The number of piperidine rings is 1. The van der Waals surface area contributed by atoms with Crippen LogP contribution in [0.15, 0.2) is 42.5 Å². The molecule has 0 radical (unpaired) electrons. The number of halogens is 1. The Kier molecular flexibility index (Phi) is 10.7. The van der Waals surface area contributed by atoms with E-state index in [1.54, 1.807) is 30.2 Å². The lowest BCUT2D eigenvalue weighted by molar-refractivity contribution is -0.0577. The molecule has 8 heteroatoms. The van der Waals surface area contributed by atoms with Crippen molar-refractivity contribution in [2.45, 2.75) is 57.6 Å². The quantitative estimate of drug-likeness (QED) is 0.348. The Hall–Kier alpha value is -2.68. The van der Waals surface area contributed by atoms with Gasteiger partial charge in [-0.15, -0.1) is 0 Å². The average Bonchev–Trinajstić information content (AvgIpc) is 2.89. The largest absolute Gasteiger partial charge is 0.454 e. The molecule has 2 amide bonds. The minimum absolute atomic E-state index is 0.0249. The first-order chi connectivity index (χ1) is 17.8. The van der Waals surface area contributed by atoms with Crippen LogP contribution in [0.1, 0.15) is 50.2 Å². The number of rotatable bonds is 12. The number of hydrogen-bond acceptors (Lipinski definition) is 5. The third-order valence-corrected chi connectivity index (χ3v) is 7.16. The van der Waals surface area contributed by atoms with Crippen LogP contribution in [0, 0.1) is 18.7 Å². The molecule has 1 heterocycles. The zero-order chi connectivity index (χ0) is 26.8. The van der Waals surface area contributed by atoms with E-state index >= 15 is 4.39 Å². The van der Waals surface area contributed by atoms with Gasteiger partial charge in [-0.1, -0.05) is 30.3 Å². The predicted octanol–water partition coefficient (Wildman–Crippen LogP) is 4.96. The molecule has 3 N–H and O–H groups in total. The number of nitrogens with zero attached hydrogens (tertiary/aromatic N) is 1. The number of amides is 2. The van der Waals surface area contributed by atoms with Gasteiger partial charge in [-0.05, 0) is 70.7 Å². The molecule has 1 unspecified atom stereocenters. The number of methoxy groups -OCH3 is 1. The summed E-state index contributed by atoms with van der Waals surface area (Å²) in [5.74, 6) is -0.230. The fourth-order valence-electron chi connectivity index (χ4n) is 5.14. The number of para-hydroxylation sites is 2. The van der Waals surface area contributed by atoms with Crippen LogP contribution >= 0.6 is 0 Å². The zero-order valence-corrected chi connectivity index (χ0v) is 22.6. The monoisotopic (exact) mass is 515 g/mol. The number of ether oxygens (including phenoxy) is 2. The molecule has 1 aliphatic rings. The molecule has 37 heavy (non-hydrogen) atoms. The van der Waals surface area contributed by atoms with E-state index in [1.807, 2.05) is 39.1 Å². The number of benzene rings is 2. The summed E-state index contributed by atoms with van der Waals surface area (Å²) in [4.78, 5) is 14.8. The molecule has 1 aliphatic heterocycles. The Morgan fingerprint density at radius 3 is 2.76 bits per heavy atom. The lowest BCUT2D eigenvalue weighted by Gasteiger charge is -2.43. The van der Waals surface area contributed by atoms with Crippen LogP contribution in [0.25, 0.3) is 0 Å². The molecule has 1 fully saturated rings. The summed E-state index contributed by atoms with van der Waals surface area (Å²) in [5.41, 5.74) is -0.0934. The fourth-order valence-corrected chi connectivity index (χ4v) is 5.14. The van der Waals surface area contributed by atoms with Crippen molar-refractivity contribution >= 4 is 6.03 Å². The molecular formula is C29H42FN3O4. The van der Waals surface area contributed by atoms with Crippen LogP contribution in [-0.4, -0.2) is 62.5 Å². The summed E-state index contributed by atoms with van der Waals surface area (Å²) in [7, 11) is 3.50. The van der Waals surface area contributed by atoms with Gasteiger partial charge in [-0.2, -0.15) is 0 Å². The van der Waals surface area contributed by atoms with Crippen molar-refractivity contribution in [3.63, 3.8) is 0 Å². The highest BCUT2D eigenvalue weighted by molar-refractivity contribution is 5.74. The van der Waals surface area contributed by atoms with Crippen molar-refractivity contribution < 1.29 is 23.8 Å². The number of carbonyl (C=O) groups is 1. The summed E-state index contributed by atoms with van der Waals surface area (Å²) < 4.78 is 26.6. The van der Waals surface area contributed by atoms with Crippen molar-refractivity contribution in [3.05, 3.63) is 59.4 Å². The van der Waals surface area contributed by atoms with E-state index in [0.717, 1.165) is 24.8 Å². The predicted molar refractivity (Wildman–Crippen MR) is 143 cm³/mol. The van der Waals surface area contributed by atoms with Crippen molar-refractivity contribution in [2.24, 2.45) is 5.92 Å². The fraction of sp³-hybridized carbons (Fsp3) is 0.552. The van der Waals surface area contributed by atoms with E-state index < -0.39 is 11.4 Å². The molecule has 0 spiro atoms. The molecule has 2 aromatic carbocycles. The second-order valence-electron chi connectivity index (χ2n) is 10.1. The normalized spacial score (nSPS) is 18.2. The summed E-state index contributed by atoms with van der Waals surface area (Å²) >= 11 is 0. The topological polar surface area (TPSA) is 83.1 Å². The first-order valence-corrected chi connectivity index (χ1v) is 13.2. The van der Waals surface area contributed by atoms with Crippen molar-refractivity contribution in [1.29, 1.82) is 0 Å². The Morgan fingerprint density at radius 2 is 2.03 bits per heavy atom. The number of likely N-dealkylation sites (N-methyl/N-ethyl adjacent to an activating group) is 1. The van der Waals surface area contributed by atoms with Crippen LogP contribution in [-0.2, 0) is 10.3 Å². The average molecular weight is 516 g/mol. The minimum atomic E-state index is -1.39. The van der Waals surface area contributed by atoms with Gasteiger partial charge in [0.25, 0.3) is 0 Å². The molecule has 0 aliphatic carbocycles. The Morgan fingerprint density at radius 1 is 1.24 bits per heavy atom. The first kappa shape index (κ1) is 28.9. The van der Waals surface area contributed by atoms with E-state index in [4.69, 9.17) is 9.47 Å². The third kappa shape index (κ3) is 7.43. The summed E-state index contributed by atoms with van der Waals surface area (Å²) in [6, 6.07) is 12.0. The lowest BCUT2D eigenvalue weighted by atomic mass is 9.73. The highest BCUT2D eigenvalue weighted by Gasteiger charge is 2.43. The number of carbonyl (C=O) groups excluding carboxylic acids is 1. The van der Waals surface area contributed by atoms with E-state index in [9.17, 15) is 9.90 Å². The Labute approximate surface area is 220 Å². The van der Waals surface area contributed by atoms with Gasteiger partial charge in [0.15, 0.2) is 11.6 Å². The van der Waals surface area contributed by atoms with Crippen LogP contribution in [0.2, 0.25) is 0 Å². The number of aryl methyl sites for hydroxylation is 1. The third-order valence-electron chi connectivity index (χ3n) is 7.16. The van der Waals surface area contributed by atoms with Crippen molar-refractivity contribution in [1.82, 2.24) is 15.5 Å². The van der Waals surface area contributed by atoms with Gasteiger partial charge in [0.2, 0.25) is 0 Å². The SMILES string of the molecule is CNCC(C)NC(=O)N1CCC[C@@H]([C@@](O)(CCCCOC)c2cccc(F)c2Oc2ccccc2C)C1. The number of urea groups is 1. The van der Waals surface area contributed by atoms with Gasteiger partial charge in [-0.25, -0.2) is 9.18 Å². The maximum atomic E-state index is 15.3. The van der Waals surface area contributed by atoms with E-state index in [0.29, 0.717) is 50.4 Å². The molecule has 0 bridgehead atoms. The van der Waals surface area contributed by atoms with Crippen LogP contribution in [0.3, 0.4) is 0 Å². The van der Waals surface area contributed by atoms with Gasteiger partial charge in [-0.3, -0.25) is 0 Å². The van der Waals surface area contributed by atoms with E-state index in [1.165, 1.54) is 6.07 Å². The lowest BCUT2D eigenvalue weighted by Crippen LogP contribution is -2.53. The van der Waals surface area contributed by atoms with Crippen LogP contribution in [0.5, 0.6) is 11.5 Å². The van der Waals surface area contributed by atoms with Crippen molar-refractivity contribution in [3.8, 4) is 11.5 Å². The molecular weight excluding hydrogens is 473 g/mol. The highest BCUT2D eigenvalue weighted by atomic mass is 19.1. The van der Waals surface area contributed by atoms with Gasteiger partial charge in [0.05, 0.1) is 5.60 Å². The number of likely N-dealkylation sites (tertiary alicyclic amines) is 1. The first-order valence-electron chi connectivity index (χ1n) is 13.2. The molecule has 3 rings (SSSR count). The number of unbranched alkanes of at least 4 members (excludes halogenated alkanes) is 1. The van der Waals surface area contributed by atoms with Crippen molar-refractivity contribution in [2.75, 3.05) is 40.4 Å². The second kappa shape index (κ2) is 13.7. The molecule has 3 atom stereocenters. The van der Waals surface area contributed by atoms with Crippen LogP contribution in [0.4, 0.5) is 9.18 Å². The van der Waals surface area contributed by atoms with Gasteiger partial charge >= 0.3 is 6.03 Å². The smallest absolute Gasteiger partial charge is 0.317 e. The molecule has 2 aromatic rings. The number of hydrogen-bond donors (Lipinski definition) is 3.